The summed E-state index contributed by atoms with van der Waals surface area (Å²) in [5.41, 5.74) is -0.576. The molecule has 0 radical (unpaired) electrons. The summed E-state index contributed by atoms with van der Waals surface area (Å²) in [7, 11) is 1.29. The lowest BCUT2D eigenvalue weighted by Crippen LogP contribution is -2.34. The number of carbonyl (C=O) groups is 3. The van der Waals surface area contributed by atoms with E-state index < -0.39 is 17.7 Å². The van der Waals surface area contributed by atoms with E-state index in [4.69, 9.17) is 4.74 Å². The maximum atomic E-state index is 11.7. The second kappa shape index (κ2) is 7.79. The van der Waals surface area contributed by atoms with Crippen LogP contribution >= 0.6 is 11.3 Å². The van der Waals surface area contributed by atoms with E-state index in [1.165, 1.54) is 7.11 Å². The van der Waals surface area contributed by atoms with Crippen molar-refractivity contribution in [2.24, 2.45) is 0 Å². The molecule has 0 spiro atoms. The quantitative estimate of drug-likeness (QED) is 0.809. The number of hydrogen-bond acceptors (Lipinski definition) is 6. The average molecular weight is 328 g/mol. The van der Waals surface area contributed by atoms with E-state index in [0.29, 0.717) is 9.88 Å². The van der Waals surface area contributed by atoms with Crippen molar-refractivity contribution in [2.45, 2.75) is 32.8 Å². The molecule has 1 aromatic rings. The van der Waals surface area contributed by atoms with Gasteiger partial charge in [0.15, 0.2) is 0 Å². The molecule has 0 saturated carbocycles. The predicted octanol–water partition coefficient (Wildman–Crippen LogP) is 2.39. The van der Waals surface area contributed by atoms with E-state index in [2.05, 4.69) is 15.4 Å². The molecular weight excluding hydrogens is 308 g/mol. The Labute approximate surface area is 133 Å². The van der Waals surface area contributed by atoms with E-state index in [1.54, 1.807) is 32.9 Å². The van der Waals surface area contributed by atoms with E-state index in [0.717, 1.165) is 11.3 Å². The summed E-state index contributed by atoms with van der Waals surface area (Å²) in [6, 6.07) is 3.20. The van der Waals surface area contributed by atoms with Crippen molar-refractivity contribution in [1.82, 2.24) is 5.32 Å². The third kappa shape index (κ3) is 6.57. The molecule has 7 nitrogen and oxygen atoms in total. The maximum absolute atomic E-state index is 11.7. The number of alkyl carbamates (subject to hydrolysis) is 1. The van der Waals surface area contributed by atoms with Gasteiger partial charge in [-0.25, -0.2) is 9.59 Å². The van der Waals surface area contributed by atoms with E-state index in [9.17, 15) is 14.4 Å². The number of carbonyl (C=O) groups excluding carboxylic acids is 3. The van der Waals surface area contributed by atoms with Crippen molar-refractivity contribution in [3.05, 3.63) is 17.0 Å². The molecule has 0 aliphatic heterocycles. The Morgan fingerprint density at radius 2 is 1.91 bits per heavy atom. The molecule has 0 aromatic carbocycles. The predicted molar refractivity (Wildman–Crippen MR) is 83.1 cm³/mol. The Morgan fingerprint density at radius 3 is 2.50 bits per heavy atom. The normalized spacial score (nSPS) is 10.7. The first-order valence-corrected chi connectivity index (χ1v) is 7.48. The van der Waals surface area contributed by atoms with Crippen molar-refractivity contribution >= 4 is 34.3 Å². The van der Waals surface area contributed by atoms with Crippen LogP contribution in [0.5, 0.6) is 0 Å². The lowest BCUT2D eigenvalue weighted by Gasteiger charge is -2.19. The van der Waals surface area contributed by atoms with Crippen LogP contribution in [-0.4, -0.2) is 37.2 Å². The molecular formula is C14H20N2O5S. The molecule has 2 amide bonds. The van der Waals surface area contributed by atoms with Gasteiger partial charge in [0.25, 0.3) is 0 Å². The number of nitrogens with one attached hydrogen (secondary N) is 2. The highest BCUT2D eigenvalue weighted by Gasteiger charge is 2.16. The molecule has 0 bridgehead atoms. The Kier molecular flexibility index (Phi) is 6.36. The standard InChI is InChI=1S/C14H20N2O5S/c1-14(2,3)21-13(19)15-8-7-10(17)16-11-6-5-9(22-11)12(18)20-4/h5-6H,7-8H2,1-4H3,(H,15,19)(H,16,17). The van der Waals surface area contributed by atoms with Gasteiger partial charge in [0.05, 0.1) is 12.1 Å². The second-order valence-electron chi connectivity index (χ2n) is 5.38. The van der Waals surface area contributed by atoms with Crippen molar-refractivity contribution in [3.8, 4) is 0 Å². The van der Waals surface area contributed by atoms with Gasteiger partial charge < -0.3 is 20.1 Å². The van der Waals surface area contributed by atoms with Gasteiger partial charge in [-0.05, 0) is 32.9 Å². The maximum Gasteiger partial charge on any atom is 0.407 e. The fourth-order valence-electron chi connectivity index (χ4n) is 1.41. The van der Waals surface area contributed by atoms with Gasteiger partial charge in [-0.15, -0.1) is 11.3 Å². The molecule has 22 heavy (non-hydrogen) atoms. The highest BCUT2D eigenvalue weighted by molar-refractivity contribution is 7.18. The summed E-state index contributed by atoms with van der Waals surface area (Å²) < 4.78 is 9.63. The van der Waals surface area contributed by atoms with E-state index >= 15 is 0 Å². The molecule has 1 aromatic heterocycles. The van der Waals surface area contributed by atoms with Crippen molar-refractivity contribution < 1.29 is 23.9 Å². The van der Waals surface area contributed by atoms with Crippen molar-refractivity contribution in [1.29, 1.82) is 0 Å². The van der Waals surface area contributed by atoms with Crippen molar-refractivity contribution in [3.63, 3.8) is 0 Å². The minimum absolute atomic E-state index is 0.102. The number of amides is 2. The first-order valence-electron chi connectivity index (χ1n) is 6.66. The van der Waals surface area contributed by atoms with Crippen LogP contribution in [0.1, 0.15) is 36.9 Å². The molecule has 0 saturated heterocycles. The summed E-state index contributed by atoms with van der Waals surface area (Å²) in [4.78, 5) is 34.8. The summed E-state index contributed by atoms with van der Waals surface area (Å²) in [5, 5.41) is 5.68. The number of thiophene rings is 1. The zero-order valence-electron chi connectivity index (χ0n) is 13.0. The van der Waals surface area contributed by atoms with Crippen LogP contribution in [0.2, 0.25) is 0 Å². The van der Waals surface area contributed by atoms with Crippen LogP contribution in [0, 0.1) is 0 Å². The minimum atomic E-state index is -0.576. The molecule has 0 aliphatic carbocycles. The zero-order chi connectivity index (χ0) is 16.8. The molecule has 0 aliphatic rings. The van der Waals surface area contributed by atoms with Gasteiger partial charge in [-0.3, -0.25) is 4.79 Å². The van der Waals surface area contributed by atoms with Gasteiger partial charge in [0.2, 0.25) is 5.91 Å². The Hall–Kier alpha value is -2.09. The number of anilines is 1. The molecule has 2 N–H and O–H groups in total. The average Bonchev–Trinajstić information content (AvgIpc) is 2.84. The van der Waals surface area contributed by atoms with Crippen LogP contribution < -0.4 is 10.6 Å². The smallest absolute Gasteiger partial charge is 0.407 e. The third-order valence-corrected chi connectivity index (χ3v) is 3.26. The monoisotopic (exact) mass is 328 g/mol. The van der Waals surface area contributed by atoms with Crippen LogP contribution in [0.4, 0.5) is 9.80 Å². The highest BCUT2D eigenvalue weighted by atomic mass is 32.1. The molecule has 1 rings (SSSR count). The number of ether oxygens (including phenoxy) is 2. The first kappa shape index (κ1) is 18.0. The third-order valence-electron chi connectivity index (χ3n) is 2.28. The fourth-order valence-corrected chi connectivity index (χ4v) is 2.25. The Balaban J connectivity index is 2.33. The first-order chi connectivity index (χ1) is 10.2. The van der Waals surface area contributed by atoms with Gasteiger partial charge in [-0.1, -0.05) is 0 Å². The van der Waals surface area contributed by atoms with Gasteiger partial charge in [-0.2, -0.15) is 0 Å². The fraction of sp³-hybridized carbons (Fsp3) is 0.500. The van der Waals surface area contributed by atoms with Gasteiger partial charge in [0.1, 0.15) is 10.5 Å². The SMILES string of the molecule is COC(=O)c1ccc(NC(=O)CCNC(=O)OC(C)(C)C)s1. The second-order valence-corrected chi connectivity index (χ2v) is 6.47. The molecule has 0 unspecified atom stereocenters. The number of hydrogen-bond donors (Lipinski definition) is 2. The minimum Gasteiger partial charge on any atom is -0.465 e. The summed E-state index contributed by atoms with van der Waals surface area (Å²) in [5.74, 6) is -0.716. The summed E-state index contributed by atoms with van der Waals surface area (Å²) >= 11 is 1.12. The lowest BCUT2D eigenvalue weighted by atomic mass is 10.2. The highest BCUT2D eigenvalue weighted by Crippen LogP contribution is 2.22. The van der Waals surface area contributed by atoms with Gasteiger partial charge >= 0.3 is 12.1 Å². The molecule has 0 atom stereocenters. The zero-order valence-corrected chi connectivity index (χ0v) is 13.8. The van der Waals surface area contributed by atoms with Gasteiger partial charge in [0, 0.05) is 13.0 Å². The summed E-state index contributed by atoms with van der Waals surface area (Å²) in [6.45, 7) is 5.44. The topological polar surface area (TPSA) is 93.7 Å². The molecule has 8 heteroatoms. The molecule has 122 valence electrons. The van der Waals surface area contributed by atoms with E-state index in [-0.39, 0.29) is 18.9 Å². The Bertz CT molecular complexity index is 548. The van der Waals surface area contributed by atoms with Crippen LogP contribution in [-0.2, 0) is 14.3 Å². The van der Waals surface area contributed by atoms with E-state index in [1.807, 2.05) is 0 Å². The Morgan fingerprint density at radius 1 is 1.23 bits per heavy atom. The molecule has 1 heterocycles. The number of esters is 1. The number of rotatable bonds is 5. The molecule has 0 fully saturated rings. The largest absolute Gasteiger partial charge is 0.465 e. The van der Waals surface area contributed by atoms with Crippen LogP contribution in [0.15, 0.2) is 12.1 Å². The van der Waals surface area contributed by atoms with Crippen molar-refractivity contribution in [2.75, 3.05) is 19.0 Å². The number of methoxy groups -OCH3 is 1. The lowest BCUT2D eigenvalue weighted by molar-refractivity contribution is -0.116. The van der Waals surface area contributed by atoms with Crippen LogP contribution in [0.3, 0.4) is 0 Å². The summed E-state index contributed by atoms with van der Waals surface area (Å²) in [6.07, 6.45) is -0.463. The van der Waals surface area contributed by atoms with Crippen LogP contribution in [0.25, 0.3) is 0 Å².